The molecule has 0 fully saturated rings. The van der Waals surface area contributed by atoms with E-state index in [1.807, 2.05) is 31.2 Å². The smallest absolute Gasteiger partial charge is 0.0406 e. The van der Waals surface area contributed by atoms with Crippen molar-refractivity contribution in [2.24, 2.45) is 5.73 Å². The first-order valence-corrected chi connectivity index (χ1v) is 4.63. The van der Waals surface area contributed by atoms with Crippen molar-refractivity contribution in [2.75, 3.05) is 0 Å². The van der Waals surface area contributed by atoms with Crippen LogP contribution in [-0.4, -0.2) is 0 Å². The Kier molecular flexibility index (Phi) is 3.52. The number of halogens is 1. The molecule has 0 amide bonds. The van der Waals surface area contributed by atoms with Crippen molar-refractivity contribution in [2.45, 2.75) is 19.4 Å². The highest BCUT2D eigenvalue weighted by molar-refractivity contribution is 6.30. The summed E-state index contributed by atoms with van der Waals surface area (Å²) in [6, 6.07) is 7.66. The summed E-state index contributed by atoms with van der Waals surface area (Å²) in [7, 11) is 0. The molecule has 0 bridgehead atoms. The minimum absolute atomic E-state index is 0.0368. The van der Waals surface area contributed by atoms with Crippen molar-refractivity contribution >= 4 is 11.6 Å². The van der Waals surface area contributed by atoms with Gasteiger partial charge in [0.05, 0.1) is 0 Å². The first-order chi connectivity index (χ1) is 6.09. The highest BCUT2D eigenvalue weighted by Crippen LogP contribution is 2.19. The zero-order valence-electron chi connectivity index (χ0n) is 7.76. The van der Waals surface area contributed by atoms with Gasteiger partial charge in [0.2, 0.25) is 0 Å². The summed E-state index contributed by atoms with van der Waals surface area (Å²) in [4.78, 5) is 0. The van der Waals surface area contributed by atoms with Gasteiger partial charge in [-0.2, -0.15) is 0 Å². The summed E-state index contributed by atoms with van der Waals surface area (Å²) in [5.74, 6) is 0. The Balaban J connectivity index is 2.71. The van der Waals surface area contributed by atoms with Gasteiger partial charge in [-0.3, -0.25) is 0 Å². The molecule has 1 rings (SSSR count). The van der Waals surface area contributed by atoms with E-state index in [0.717, 1.165) is 22.6 Å². The van der Waals surface area contributed by atoms with Crippen molar-refractivity contribution in [1.82, 2.24) is 0 Å². The first-order valence-electron chi connectivity index (χ1n) is 4.25. The molecule has 1 nitrogen and oxygen atoms in total. The molecule has 2 N–H and O–H groups in total. The van der Waals surface area contributed by atoms with Gasteiger partial charge in [-0.05, 0) is 31.0 Å². The van der Waals surface area contributed by atoms with E-state index in [2.05, 4.69) is 6.58 Å². The molecule has 0 aliphatic carbocycles. The molecule has 0 aliphatic heterocycles. The molecular formula is C11H14ClN. The predicted molar refractivity (Wildman–Crippen MR) is 57.8 cm³/mol. The fourth-order valence-corrected chi connectivity index (χ4v) is 1.33. The summed E-state index contributed by atoms with van der Waals surface area (Å²) in [5, 5.41) is 0.742. The van der Waals surface area contributed by atoms with E-state index < -0.39 is 0 Å². The van der Waals surface area contributed by atoms with Gasteiger partial charge in [0.25, 0.3) is 0 Å². The van der Waals surface area contributed by atoms with E-state index in [1.54, 1.807) is 0 Å². The molecule has 1 atom stereocenters. The van der Waals surface area contributed by atoms with E-state index in [4.69, 9.17) is 17.3 Å². The van der Waals surface area contributed by atoms with Crippen LogP contribution in [0.3, 0.4) is 0 Å². The van der Waals surface area contributed by atoms with Gasteiger partial charge < -0.3 is 5.73 Å². The van der Waals surface area contributed by atoms with Crippen LogP contribution in [0.4, 0.5) is 0 Å². The Morgan fingerprint density at radius 2 is 2.00 bits per heavy atom. The highest BCUT2D eigenvalue weighted by atomic mass is 35.5. The monoisotopic (exact) mass is 195 g/mol. The van der Waals surface area contributed by atoms with Crippen LogP contribution in [-0.2, 0) is 0 Å². The Morgan fingerprint density at radius 1 is 1.46 bits per heavy atom. The van der Waals surface area contributed by atoms with Gasteiger partial charge >= 0.3 is 0 Å². The molecule has 0 heterocycles. The number of hydrogen-bond donors (Lipinski definition) is 1. The fourth-order valence-electron chi connectivity index (χ4n) is 1.20. The predicted octanol–water partition coefficient (Wildman–Crippen LogP) is 3.31. The van der Waals surface area contributed by atoms with E-state index in [9.17, 15) is 0 Å². The topological polar surface area (TPSA) is 26.0 Å². The average molecular weight is 196 g/mol. The molecule has 2 heteroatoms. The molecule has 0 saturated heterocycles. The number of benzene rings is 1. The maximum absolute atomic E-state index is 5.94. The summed E-state index contributed by atoms with van der Waals surface area (Å²) in [6.07, 6.45) is 0.821. The molecule has 1 aromatic carbocycles. The van der Waals surface area contributed by atoms with Gasteiger partial charge in [0, 0.05) is 11.1 Å². The second-order valence-corrected chi connectivity index (χ2v) is 3.76. The summed E-state index contributed by atoms with van der Waals surface area (Å²) >= 11 is 5.76. The molecule has 0 aliphatic rings. The lowest BCUT2D eigenvalue weighted by atomic mass is 10.0. The molecule has 0 saturated carbocycles. The minimum Gasteiger partial charge on any atom is -0.324 e. The van der Waals surface area contributed by atoms with Crippen LogP contribution < -0.4 is 5.73 Å². The number of nitrogens with two attached hydrogens (primary N) is 1. The molecule has 0 aromatic heterocycles. The van der Waals surface area contributed by atoms with Gasteiger partial charge in [-0.15, -0.1) is 6.58 Å². The van der Waals surface area contributed by atoms with Crippen LogP contribution in [0.2, 0.25) is 5.02 Å². The standard InChI is InChI=1S/C11H14ClN/c1-8(2)7-11(13)9-3-5-10(12)6-4-9/h3-6,11H,1,7,13H2,2H3/t11-/m1/s1. The van der Waals surface area contributed by atoms with Crippen molar-refractivity contribution in [3.05, 3.63) is 47.0 Å². The third kappa shape index (κ3) is 3.21. The molecule has 0 radical (unpaired) electrons. The average Bonchev–Trinajstić information content (AvgIpc) is 2.04. The van der Waals surface area contributed by atoms with Gasteiger partial charge in [0.1, 0.15) is 0 Å². The lowest BCUT2D eigenvalue weighted by Crippen LogP contribution is -2.09. The summed E-state index contributed by atoms with van der Waals surface area (Å²) < 4.78 is 0. The maximum atomic E-state index is 5.94. The Hall–Kier alpha value is -0.790. The van der Waals surface area contributed by atoms with E-state index >= 15 is 0 Å². The van der Waals surface area contributed by atoms with Crippen molar-refractivity contribution in [3.63, 3.8) is 0 Å². The van der Waals surface area contributed by atoms with Gasteiger partial charge in [-0.25, -0.2) is 0 Å². The molecule has 70 valence electrons. The molecule has 1 aromatic rings. The largest absolute Gasteiger partial charge is 0.324 e. The van der Waals surface area contributed by atoms with Crippen LogP contribution in [0.25, 0.3) is 0 Å². The third-order valence-corrected chi connectivity index (χ3v) is 2.12. The van der Waals surface area contributed by atoms with Crippen LogP contribution in [0.5, 0.6) is 0 Å². The van der Waals surface area contributed by atoms with E-state index in [1.165, 1.54) is 0 Å². The lowest BCUT2D eigenvalue weighted by Gasteiger charge is -2.11. The Bertz CT molecular complexity index is 289. The lowest BCUT2D eigenvalue weighted by molar-refractivity contribution is 0.717. The molecule has 0 unspecified atom stereocenters. The van der Waals surface area contributed by atoms with Crippen molar-refractivity contribution in [1.29, 1.82) is 0 Å². The summed E-state index contributed by atoms with van der Waals surface area (Å²) in [5.41, 5.74) is 8.15. The quantitative estimate of drug-likeness (QED) is 0.736. The Morgan fingerprint density at radius 3 is 2.46 bits per heavy atom. The van der Waals surface area contributed by atoms with Crippen LogP contribution in [0.1, 0.15) is 24.9 Å². The first kappa shape index (κ1) is 10.3. The van der Waals surface area contributed by atoms with E-state index in [0.29, 0.717) is 0 Å². The SMILES string of the molecule is C=C(C)C[C@@H](N)c1ccc(Cl)cc1. The molecule has 0 spiro atoms. The number of rotatable bonds is 3. The Labute approximate surface area is 84.2 Å². The highest BCUT2D eigenvalue weighted by Gasteiger charge is 2.04. The molecular weight excluding hydrogens is 182 g/mol. The van der Waals surface area contributed by atoms with Crippen molar-refractivity contribution in [3.8, 4) is 0 Å². The zero-order chi connectivity index (χ0) is 9.84. The zero-order valence-corrected chi connectivity index (χ0v) is 8.51. The maximum Gasteiger partial charge on any atom is 0.0406 e. The second-order valence-electron chi connectivity index (χ2n) is 3.32. The number of hydrogen-bond acceptors (Lipinski definition) is 1. The van der Waals surface area contributed by atoms with Gasteiger partial charge in [0.15, 0.2) is 0 Å². The normalized spacial score (nSPS) is 12.5. The van der Waals surface area contributed by atoms with E-state index in [-0.39, 0.29) is 6.04 Å². The van der Waals surface area contributed by atoms with Crippen LogP contribution >= 0.6 is 11.6 Å². The van der Waals surface area contributed by atoms with Crippen LogP contribution in [0, 0.1) is 0 Å². The van der Waals surface area contributed by atoms with Gasteiger partial charge in [-0.1, -0.05) is 29.3 Å². The molecule has 13 heavy (non-hydrogen) atoms. The summed E-state index contributed by atoms with van der Waals surface area (Å²) in [6.45, 7) is 5.81. The van der Waals surface area contributed by atoms with Crippen LogP contribution in [0.15, 0.2) is 36.4 Å². The minimum atomic E-state index is 0.0368. The third-order valence-electron chi connectivity index (χ3n) is 1.87. The fraction of sp³-hybridized carbons (Fsp3) is 0.273. The second kappa shape index (κ2) is 4.45. The van der Waals surface area contributed by atoms with Crippen molar-refractivity contribution < 1.29 is 0 Å².